The number of nitrogens with two attached hydrogens (primary N) is 1. The van der Waals surface area contributed by atoms with Gasteiger partial charge in [-0.15, -0.1) is 15.0 Å². The van der Waals surface area contributed by atoms with Crippen molar-refractivity contribution >= 4 is 16.7 Å². The smallest absolute Gasteiger partial charge is 0.174 e. The Morgan fingerprint density at radius 2 is 1.53 bits per heavy atom. The number of phenols is 3. The lowest BCUT2D eigenvalue weighted by atomic mass is 10.2. The molecule has 7 nitrogen and oxygen atoms in total. The molecular formula is C12H10N4O3. The molecule has 19 heavy (non-hydrogen) atoms. The van der Waals surface area contributed by atoms with Gasteiger partial charge in [-0.25, -0.2) is 0 Å². The number of aromatic hydroxyl groups is 3. The van der Waals surface area contributed by atoms with Gasteiger partial charge in [-0.1, -0.05) is 12.1 Å². The summed E-state index contributed by atoms with van der Waals surface area (Å²) in [6.07, 6.45) is 0. The van der Waals surface area contributed by atoms with E-state index >= 15 is 0 Å². The topological polar surface area (TPSA) is 117 Å². The number of aromatic nitrogens is 3. The minimum atomic E-state index is -0.474. The van der Waals surface area contributed by atoms with E-state index in [1.807, 2.05) is 0 Å². The number of nitrogen functional groups attached to an aromatic ring is 1. The van der Waals surface area contributed by atoms with Crippen molar-refractivity contribution in [3.05, 3.63) is 30.3 Å². The van der Waals surface area contributed by atoms with Gasteiger partial charge in [0.2, 0.25) is 0 Å². The predicted molar refractivity (Wildman–Crippen MR) is 68.3 cm³/mol. The van der Waals surface area contributed by atoms with Crippen molar-refractivity contribution in [2.24, 2.45) is 0 Å². The second kappa shape index (κ2) is 3.77. The van der Waals surface area contributed by atoms with E-state index in [1.54, 1.807) is 24.3 Å². The van der Waals surface area contributed by atoms with Gasteiger partial charge >= 0.3 is 0 Å². The zero-order valence-electron chi connectivity index (χ0n) is 9.65. The minimum Gasteiger partial charge on any atom is -0.505 e. The molecule has 2 aromatic carbocycles. The Morgan fingerprint density at radius 3 is 2.11 bits per heavy atom. The maximum absolute atomic E-state index is 9.89. The largest absolute Gasteiger partial charge is 0.505 e. The molecule has 0 amide bonds. The number of nitrogens with zero attached hydrogens (tertiary/aromatic N) is 3. The zero-order chi connectivity index (χ0) is 13.6. The number of anilines is 1. The highest BCUT2D eigenvalue weighted by atomic mass is 16.3. The lowest BCUT2D eigenvalue weighted by molar-refractivity contribution is 0.423. The first-order valence-electron chi connectivity index (χ1n) is 5.44. The number of phenolic OH excluding ortho intramolecular Hbond substituents is 3. The third-order valence-electron chi connectivity index (χ3n) is 2.76. The molecule has 0 atom stereocenters. The summed E-state index contributed by atoms with van der Waals surface area (Å²) in [5.74, 6) is -1.25. The van der Waals surface area contributed by atoms with Crippen LogP contribution in [0.1, 0.15) is 0 Å². The molecule has 3 aromatic rings. The Labute approximate surface area is 107 Å². The van der Waals surface area contributed by atoms with Crippen LogP contribution in [0.2, 0.25) is 0 Å². The third kappa shape index (κ3) is 1.60. The molecule has 3 rings (SSSR count). The van der Waals surface area contributed by atoms with Crippen LogP contribution in [0.5, 0.6) is 17.2 Å². The second-order valence-electron chi connectivity index (χ2n) is 4.00. The van der Waals surface area contributed by atoms with E-state index in [9.17, 15) is 15.3 Å². The van der Waals surface area contributed by atoms with Gasteiger partial charge in [-0.2, -0.15) is 0 Å². The van der Waals surface area contributed by atoms with E-state index in [1.165, 1.54) is 0 Å². The van der Waals surface area contributed by atoms with Gasteiger partial charge in [-0.3, -0.25) is 0 Å². The molecule has 0 spiro atoms. The van der Waals surface area contributed by atoms with Gasteiger partial charge in [0.05, 0.1) is 0 Å². The summed E-state index contributed by atoms with van der Waals surface area (Å²) in [5.41, 5.74) is 6.39. The van der Waals surface area contributed by atoms with Crippen molar-refractivity contribution in [3.8, 4) is 22.9 Å². The number of hydrogen-bond donors (Lipinski definition) is 4. The molecule has 0 aliphatic heterocycles. The Kier molecular flexibility index (Phi) is 2.21. The third-order valence-corrected chi connectivity index (χ3v) is 2.76. The van der Waals surface area contributed by atoms with Crippen LogP contribution in [0, 0.1) is 0 Å². The van der Waals surface area contributed by atoms with Gasteiger partial charge in [0.25, 0.3) is 0 Å². The van der Waals surface area contributed by atoms with Crippen molar-refractivity contribution in [1.82, 2.24) is 15.0 Å². The van der Waals surface area contributed by atoms with E-state index in [0.29, 0.717) is 11.0 Å². The lowest BCUT2D eigenvalue weighted by Gasteiger charge is -2.09. The van der Waals surface area contributed by atoms with Crippen LogP contribution in [-0.2, 0) is 0 Å². The average molecular weight is 258 g/mol. The van der Waals surface area contributed by atoms with Crippen LogP contribution in [0.15, 0.2) is 30.3 Å². The van der Waals surface area contributed by atoms with Crippen molar-refractivity contribution in [2.75, 3.05) is 5.73 Å². The van der Waals surface area contributed by atoms with Gasteiger partial charge in [0.15, 0.2) is 17.2 Å². The molecule has 1 aromatic heterocycles. The Morgan fingerprint density at radius 1 is 0.947 bits per heavy atom. The standard InChI is InChI=1S/C12H10N4O3/c13-10-8(17)5-9(18)11(12(10)19)16-14-6-3-1-2-4-7(6)15-16/h1-5,17-19H,13H2. The fourth-order valence-corrected chi connectivity index (χ4v) is 1.80. The first-order valence-corrected chi connectivity index (χ1v) is 5.44. The lowest BCUT2D eigenvalue weighted by Crippen LogP contribution is -2.01. The van der Waals surface area contributed by atoms with Crippen LogP contribution in [0.25, 0.3) is 16.7 Å². The Hall–Kier alpha value is -2.96. The summed E-state index contributed by atoms with van der Waals surface area (Å²) >= 11 is 0. The molecule has 0 bridgehead atoms. The zero-order valence-corrected chi connectivity index (χ0v) is 9.65. The van der Waals surface area contributed by atoms with Crippen LogP contribution in [0.3, 0.4) is 0 Å². The normalized spacial score (nSPS) is 10.9. The number of fused-ring (bicyclic) bond motifs is 1. The highest BCUT2D eigenvalue weighted by molar-refractivity contribution is 5.77. The average Bonchev–Trinajstić information content (AvgIpc) is 2.79. The van der Waals surface area contributed by atoms with Crippen LogP contribution in [-0.4, -0.2) is 30.3 Å². The fraction of sp³-hybridized carbons (Fsp3) is 0. The van der Waals surface area contributed by atoms with Crippen LogP contribution < -0.4 is 5.73 Å². The maximum Gasteiger partial charge on any atom is 0.174 e. The molecule has 0 unspecified atom stereocenters. The molecule has 0 aliphatic carbocycles. The predicted octanol–water partition coefficient (Wildman–Crippen LogP) is 1.12. The van der Waals surface area contributed by atoms with Crippen LogP contribution >= 0.6 is 0 Å². The molecule has 0 saturated carbocycles. The van der Waals surface area contributed by atoms with Gasteiger partial charge in [0, 0.05) is 6.07 Å². The summed E-state index contributed by atoms with van der Waals surface area (Å²) in [6, 6.07) is 8.12. The van der Waals surface area contributed by atoms with E-state index in [-0.39, 0.29) is 17.1 Å². The molecule has 1 heterocycles. The monoisotopic (exact) mass is 258 g/mol. The SMILES string of the molecule is Nc1c(O)cc(O)c(-n2nc3ccccc3n2)c1O. The summed E-state index contributed by atoms with van der Waals surface area (Å²) < 4.78 is 0. The summed E-state index contributed by atoms with van der Waals surface area (Å²) in [6.45, 7) is 0. The highest BCUT2D eigenvalue weighted by Gasteiger charge is 2.19. The van der Waals surface area contributed by atoms with E-state index < -0.39 is 11.5 Å². The van der Waals surface area contributed by atoms with E-state index in [0.717, 1.165) is 10.9 Å². The first kappa shape index (κ1) is 11.1. The van der Waals surface area contributed by atoms with Gasteiger partial charge in [-0.05, 0) is 12.1 Å². The Balaban J connectivity index is 2.29. The molecule has 0 fully saturated rings. The number of hydrogen-bond acceptors (Lipinski definition) is 6. The quantitative estimate of drug-likeness (QED) is 0.295. The molecule has 96 valence electrons. The summed E-state index contributed by atoms with van der Waals surface area (Å²) in [7, 11) is 0. The molecule has 5 N–H and O–H groups in total. The van der Waals surface area contributed by atoms with Crippen LogP contribution in [0.4, 0.5) is 5.69 Å². The van der Waals surface area contributed by atoms with Gasteiger partial charge < -0.3 is 21.1 Å². The van der Waals surface area contributed by atoms with Crippen molar-refractivity contribution < 1.29 is 15.3 Å². The second-order valence-corrected chi connectivity index (χ2v) is 4.00. The molecule has 0 aliphatic rings. The summed E-state index contributed by atoms with van der Waals surface area (Å²) in [4.78, 5) is 1.07. The molecule has 0 saturated heterocycles. The first-order chi connectivity index (χ1) is 9.08. The minimum absolute atomic E-state index is 0.0773. The number of benzene rings is 2. The highest BCUT2D eigenvalue weighted by Crippen LogP contribution is 2.41. The number of rotatable bonds is 1. The van der Waals surface area contributed by atoms with Crippen molar-refractivity contribution in [1.29, 1.82) is 0 Å². The molecule has 0 radical (unpaired) electrons. The fourth-order valence-electron chi connectivity index (χ4n) is 1.80. The van der Waals surface area contributed by atoms with E-state index in [4.69, 9.17) is 5.73 Å². The van der Waals surface area contributed by atoms with Gasteiger partial charge in [0.1, 0.15) is 22.5 Å². The Bertz CT molecular complexity index is 749. The van der Waals surface area contributed by atoms with Crippen molar-refractivity contribution in [2.45, 2.75) is 0 Å². The maximum atomic E-state index is 9.89. The molecule has 7 heteroatoms. The van der Waals surface area contributed by atoms with E-state index in [2.05, 4.69) is 10.2 Å². The summed E-state index contributed by atoms with van der Waals surface area (Å²) in [5, 5.41) is 37.3. The van der Waals surface area contributed by atoms with Crippen molar-refractivity contribution in [3.63, 3.8) is 0 Å². The molecular weight excluding hydrogens is 248 g/mol.